The Kier molecular flexibility index (Phi) is 3.55. The van der Waals surface area contributed by atoms with Gasteiger partial charge in [-0.25, -0.2) is 9.97 Å². The minimum Gasteiger partial charge on any atom is -0.353 e. The van der Waals surface area contributed by atoms with Crippen molar-refractivity contribution in [3.8, 4) is 0 Å². The highest BCUT2D eigenvalue weighted by Crippen LogP contribution is 2.38. The quantitative estimate of drug-likeness (QED) is 0.782. The van der Waals surface area contributed by atoms with Gasteiger partial charge in [0, 0.05) is 25.1 Å². The van der Waals surface area contributed by atoms with Gasteiger partial charge in [0.2, 0.25) is 0 Å². The summed E-state index contributed by atoms with van der Waals surface area (Å²) in [5, 5.41) is 0. The third-order valence-electron chi connectivity index (χ3n) is 4.35. The van der Waals surface area contributed by atoms with Crippen LogP contribution in [0.25, 0.3) is 0 Å². The molecule has 2 fully saturated rings. The standard InChI is InChI=1S/C14H20BrN3/c1-2-13-16-12(15)9-14(17-13)18-8-7-10-5-3-4-6-11(10)18/h9-11H,2-8H2,1H3. The first-order valence-corrected chi connectivity index (χ1v) is 7.87. The summed E-state index contributed by atoms with van der Waals surface area (Å²) in [5.74, 6) is 2.97. The van der Waals surface area contributed by atoms with E-state index in [1.54, 1.807) is 0 Å². The first-order valence-electron chi connectivity index (χ1n) is 7.08. The molecule has 0 N–H and O–H groups in total. The highest BCUT2D eigenvalue weighted by molar-refractivity contribution is 9.10. The summed E-state index contributed by atoms with van der Waals surface area (Å²) in [4.78, 5) is 11.6. The Labute approximate surface area is 117 Å². The lowest BCUT2D eigenvalue weighted by Gasteiger charge is -2.32. The van der Waals surface area contributed by atoms with Gasteiger partial charge in [0.15, 0.2) is 0 Å². The summed E-state index contributed by atoms with van der Waals surface area (Å²) in [6.45, 7) is 3.28. The third kappa shape index (κ3) is 2.27. The molecule has 0 bridgehead atoms. The van der Waals surface area contributed by atoms with E-state index in [0.29, 0.717) is 0 Å². The van der Waals surface area contributed by atoms with E-state index in [1.807, 2.05) is 0 Å². The Balaban J connectivity index is 1.88. The normalized spacial score (nSPS) is 27.3. The molecule has 0 aromatic carbocycles. The number of rotatable bonds is 2. The predicted molar refractivity (Wildman–Crippen MR) is 76.8 cm³/mol. The van der Waals surface area contributed by atoms with Crippen LogP contribution in [0.2, 0.25) is 0 Å². The second-order valence-electron chi connectivity index (χ2n) is 5.41. The zero-order valence-corrected chi connectivity index (χ0v) is 12.5. The zero-order valence-electron chi connectivity index (χ0n) is 10.9. The van der Waals surface area contributed by atoms with Gasteiger partial charge in [-0.1, -0.05) is 19.8 Å². The summed E-state index contributed by atoms with van der Waals surface area (Å²) in [6.07, 6.45) is 7.79. The molecule has 1 saturated heterocycles. The van der Waals surface area contributed by atoms with Crippen molar-refractivity contribution in [2.75, 3.05) is 11.4 Å². The number of halogens is 1. The Morgan fingerprint density at radius 3 is 2.94 bits per heavy atom. The molecule has 1 aliphatic heterocycles. The molecule has 2 aliphatic rings. The molecule has 4 heteroatoms. The summed E-state index contributed by atoms with van der Waals surface area (Å²) >= 11 is 3.51. The number of anilines is 1. The maximum Gasteiger partial charge on any atom is 0.133 e. The molecule has 2 heterocycles. The van der Waals surface area contributed by atoms with Crippen molar-refractivity contribution in [3.05, 3.63) is 16.5 Å². The first-order chi connectivity index (χ1) is 8.78. The molecule has 2 unspecified atom stereocenters. The van der Waals surface area contributed by atoms with Crippen LogP contribution in [-0.2, 0) is 6.42 Å². The van der Waals surface area contributed by atoms with Crippen molar-refractivity contribution in [1.29, 1.82) is 0 Å². The Morgan fingerprint density at radius 2 is 2.11 bits per heavy atom. The number of hydrogen-bond donors (Lipinski definition) is 0. The maximum absolute atomic E-state index is 4.71. The van der Waals surface area contributed by atoms with E-state index in [4.69, 9.17) is 4.98 Å². The molecular formula is C14H20BrN3. The molecule has 3 rings (SSSR count). The Hall–Kier alpha value is -0.640. The van der Waals surface area contributed by atoms with Crippen LogP contribution in [0.4, 0.5) is 5.82 Å². The van der Waals surface area contributed by atoms with Gasteiger partial charge in [0.25, 0.3) is 0 Å². The smallest absolute Gasteiger partial charge is 0.133 e. The number of fused-ring (bicyclic) bond motifs is 1. The average molecular weight is 310 g/mol. The zero-order chi connectivity index (χ0) is 12.5. The molecule has 1 aromatic rings. The molecular weight excluding hydrogens is 290 g/mol. The van der Waals surface area contributed by atoms with Crippen molar-refractivity contribution in [1.82, 2.24) is 9.97 Å². The second-order valence-corrected chi connectivity index (χ2v) is 6.23. The van der Waals surface area contributed by atoms with Crippen LogP contribution in [0.5, 0.6) is 0 Å². The van der Waals surface area contributed by atoms with Gasteiger partial charge in [0.1, 0.15) is 16.2 Å². The summed E-state index contributed by atoms with van der Waals surface area (Å²) < 4.78 is 0.920. The first kappa shape index (κ1) is 12.4. The van der Waals surface area contributed by atoms with E-state index in [0.717, 1.165) is 34.6 Å². The number of aryl methyl sites for hydroxylation is 1. The molecule has 2 atom stereocenters. The summed E-state index contributed by atoms with van der Waals surface area (Å²) in [6, 6.07) is 2.81. The summed E-state index contributed by atoms with van der Waals surface area (Å²) in [7, 11) is 0. The van der Waals surface area contributed by atoms with E-state index in [9.17, 15) is 0 Å². The van der Waals surface area contributed by atoms with Gasteiger partial charge < -0.3 is 4.90 Å². The minimum atomic E-state index is 0.727. The minimum absolute atomic E-state index is 0.727. The number of hydrogen-bond acceptors (Lipinski definition) is 3. The number of aromatic nitrogens is 2. The third-order valence-corrected chi connectivity index (χ3v) is 4.75. The van der Waals surface area contributed by atoms with Crippen LogP contribution in [-0.4, -0.2) is 22.6 Å². The van der Waals surface area contributed by atoms with E-state index in [1.165, 1.54) is 38.6 Å². The van der Waals surface area contributed by atoms with Crippen LogP contribution in [0.15, 0.2) is 10.7 Å². The van der Waals surface area contributed by atoms with Crippen LogP contribution >= 0.6 is 15.9 Å². The molecule has 1 aromatic heterocycles. The lowest BCUT2D eigenvalue weighted by Crippen LogP contribution is -2.35. The fourth-order valence-corrected chi connectivity index (χ4v) is 3.86. The fraction of sp³-hybridized carbons (Fsp3) is 0.714. The van der Waals surface area contributed by atoms with Crippen molar-refractivity contribution in [2.45, 2.75) is 51.5 Å². The average Bonchev–Trinajstić information content (AvgIpc) is 2.81. The molecule has 18 heavy (non-hydrogen) atoms. The van der Waals surface area contributed by atoms with Gasteiger partial charge in [0.05, 0.1) is 0 Å². The summed E-state index contributed by atoms with van der Waals surface area (Å²) in [5.41, 5.74) is 0. The molecule has 98 valence electrons. The molecule has 1 saturated carbocycles. The monoisotopic (exact) mass is 309 g/mol. The van der Waals surface area contributed by atoms with Gasteiger partial charge >= 0.3 is 0 Å². The van der Waals surface area contributed by atoms with Crippen LogP contribution in [0.1, 0.15) is 44.9 Å². The lowest BCUT2D eigenvalue weighted by molar-refractivity contribution is 0.341. The molecule has 3 nitrogen and oxygen atoms in total. The van der Waals surface area contributed by atoms with E-state index in [2.05, 4.69) is 38.8 Å². The lowest BCUT2D eigenvalue weighted by atomic mass is 9.85. The second kappa shape index (κ2) is 5.16. The number of nitrogens with zero attached hydrogens (tertiary/aromatic N) is 3. The van der Waals surface area contributed by atoms with Crippen molar-refractivity contribution in [3.63, 3.8) is 0 Å². The van der Waals surface area contributed by atoms with Gasteiger partial charge in [-0.15, -0.1) is 0 Å². The largest absolute Gasteiger partial charge is 0.353 e. The highest BCUT2D eigenvalue weighted by Gasteiger charge is 2.36. The van der Waals surface area contributed by atoms with Gasteiger partial charge in [-0.3, -0.25) is 0 Å². The molecule has 0 amide bonds. The van der Waals surface area contributed by atoms with Crippen LogP contribution in [0.3, 0.4) is 0 Å². The Morgan fingerprint density at radius 1 is 1.28 bits per heavy atom. The van der Waals surface area contributed by atoms with E-state index in [-0.39, 0.29) is 0 Å². The Bertz CT molecular complexity index is 435. The van der Waals surface area contributed by atoms with Crippen LogP contribution in [0, 0.1) is 5.92 Å². The van der Waals surface area contributed by atoms with E-state index < -0.39 is 0 Å². The molecule has 0 radical (unpaired) electrons. The van der Waals surface area contributed by atoms with Crippen molar-refractivity contribution >= 4 is 21.7 Å². The molecule has 1 aliphatic carbocycles. The maximum atomic E-state index is 4.71. The van der Waals surface area contributed by atoms with Crippen molar-refractivity contribution in [2.24, 2.45) is 5.92 Å². The predicted octanol–water partition coefficient (Wildman–Crippen LogP) is 3.57. The van der Waals surface area contributed by atoms with Gasteiger partial charge in [-0.2, -0.15) is 0 Å². The van der Waals surface area contributed by atoms with Gasteiger partial charge in [-0.05, 0) is 41.1 Å². The molecule has 0 spiro atoms. The van der Waals surface area contributed by atoms with E-state index >= 15 is 0 Å². The van der Waals surface area contributed by atoms with Crippen LogP contribution < -0.4 is 4.90 Å². The highest BCUT2D eigenvalue weighted by atomic mass is 79.9. The topological polar surface area (TPSA) is 29.0 Å². The SMILES string of the molecule is CCc1nc(Br)cc(N2CCC3CCCCC32)n1. The van der Waals surface area contributed by atoms with Crippen molar-refractivity contribution < 1.29 is 0 Å². The fourth-order valence-electron chi connectivity index (χ4n) is 3.45.